The maximum atomic E-state index is 15.0. The Labute approximate surface area is 220 Å². The Morgan fingerprint density at radius 3 is 2.79 bits per heavy atom. The number of hydrogen-bond acceptors (Lipinski definition) is 7. The minimum absolute atomic E-state index is 0.0661. The van der Waals surface area contributed by atoms with Gasteiger partial charge in [-0.15, -0.1) is 0 Å². The predicted molar refractivity (Wildman–Crippen MR) is 145 cm³/mol. The summed E-state index contributed by atoms with van der Waals surface area (Å²) in [4.78, 5) is 27.7. The topological polar surface area (TPSA) is 92.3 Å². The van der Waals surface area contributed by atoms with Crippen molar-refractivity contribution in [1.82, 2.24) is 20.3 Å². The number of piperidine rings is 1. The van der Waals surface area contributed by atoms with Gasteiger partial charge in [-0.05, 0) is 68.6 Å². The van der Waals surface area contributed by atoms with Crippen LogP contribution in [-0.2, 0) is 4.79 Å². The molecule has 0 spiro atoms. The molecular weight excluding hydrogens is 483 g/mol. The molecule has 2 aliphatic heterocycles. The fraction of sp³-hybridized carbons (Fsp3) is 0.310. The molecule has 9 heteroatoms. The number of carbonyl (C=O) groups excluding carboxylic acids is 1. The van der Waals surface area contributed by atoms with Gasteiger partial charge in [-0.25, -0.2) is 19.3 Å². The summed E-state index contributed by atoms with van der Waals surface area (Å²) in [7, 11) is 0. The number of halogens is 1. The molecule has 0 aliphatic carbocycles. The van der Waals surface area contributed by atoms with Crippen LogP contribution in [0.2, 0.25) is 0 Å². The van der Waals surface area contributed by atoms with Crippen LogP contribution in [-0.4, -0.2) is 46.5 Å². The first kappa shape index (κ1) is 24.2. The van der Waals surface area contributed by atoms with Gasteiger partial charge in [0.05, 0.1) is 16.9 Å². The highest BCUT2D eigenvalue weighted by molar-refractivity contribution is 6.07. The largest absolute Gasteiger partial charge is 0.437 e. The van der Waals surface area contributed by atoms with Gasteiger partial charge in [-0.2, -0.15) is 0 Å². The number of hydrogen-bond donors (Lipinski definition) is 2. The number of pyridine rings is 1. The third-order valence-corrected chi connectivity index (χ3v) is 7.15. The van der Waals surface area contributed by atoms with Crippen molar-refractivity contribution >= 4 is 28.3 Å². The van der Waals surface area contributed by atoms with E-state index in [0.29, 0.717) is 64.7 Å². The molecule has 2 saturated heterocycles. The third kappa shape index (κ3) is 4.65. The molecule has 2 fully saturated rings. The first-order valence-electron chi connectivity index (χ1n) is 13.0. The zero-order valence-corrected chi connectivity index (χ0v) is 21.2. The van der Waals surface area contributed by atoms with Gasteiger partial charge >= 0.3 is 0 Å². The maximum absolute atomic E-state index is 15.0. The van der Waals surface area contributed by atoms with Crippen molar-refractivity contribution in [3.05, 3.63) is 66.2 Å². The molecule has 4 heterocycles. The average Bonchev–Trinajstić information content (AvgIpc) is 3.36. The van der Waals surface area contributed by atoms with Crippen molar-refractivity contribution in [2.24, 2.45) is 0 Å². The summed E-state index contributed by atoms with van der Waals surface area (Å²) in [5.41, 5.74) is 2.57. The van der Waals surface area contributed by atoms with E-state index in [9.17, 15) is 4.79 Å². The van der Waals surface area contributed by atoms with Crippen LogP contribution in [0.5, 0.6) is 11.6 Å². The molecule has 38 heavy (non-hydrogen) atoms. The predicted octanol–water partition coefficient (Wildman–Crippen LogP) is 5.22. The lowest BCUT2D eigenvalue weighted by molar-refractivity contribution is -0.117. The van der Waals surface area contributed by atoms with Crippen LogP contribution in [0.4, 0.5) is 16.0 Å². The molecule has 0 unspecified atom stereocenters. The normalized spacial score (nSPS) is 17.7. The second-order valence-electron chi connectivity index (χ2n) is 9.76. The molecule has 1 amide bonds. The van der Waals surface area contributed by atoms with Gasteiger partial charge in [0, 0.05) is 48.7 Å². The number of benzene rings is 2. The van der Waals surface area contributed by atoms with Crippen molar-refractivity contribution < 1.29 is 13.9 Å². The van der Waals surface area contributed by atoms with E-state index in [1.807, 2.05) is 37.3 Å². The SMILES string of the molecule is Cc1ccc2c(N3CCCC3=O)c(F)ccc2c1Oc1ncccc1-c1ccnc(N[C@H]2CCCNC2)n1. The number of aromatic nitrogens is 3. The Balaban J connectivity index is 1.37. The maximum Gasteiger partial charge on any atom is 0.228 e. The van der Waals surface area contributed by atoms with Crippen molar-refractivity contribution in [3.63, 3.8) is 0 Å². The number of aryl methyl sites for hydroxylation is 1. The van der Waals surface area contributed by atoms with Gasteiger partial charge in [0.15, 0.2) is 0 Å². The second-order valence-corrected chi connectivity index (χ2v) is 9.76. The number of anilines is 2. The third-order valence-electron chi connectivity index (χ3n) is 7.15. The number of carbonyl (C=O) groups is 1. The summed E-state index contributed by atoms with van der Waals surface area (Å²) in [6.07, 6.45) is 6.71. The van der Waals surface area contributed by atoms with E-state index in [2.05, 4.69) is 20.6 Å². The van der Waals surface area contributed by atoms with E-state index in [4.69, 9.17) is 9.72 Å². The minimum Gasteiger partial charge on any atom is -0.437 e. The van der Waals surface area contributed by atoms with Gasteiger partial charge < -0.3 is 20.3 Å². The van der Waals surface area contributed by atoms with Crippen LogP contribution in [0.3, 0.4) is 0 Å². The van der Waals surface area contributed by atoms with Gasteiger partial charge in [0.25, 0.3) is 0 Å². The fourth-order valence-corrected chi connectivity index (χ4v) is 5.24. The summed E-state index contributed by atoms with van der Waals surface area (Å²) in [6, 6.07) is 12.7. The Kier molecular flexibility index (Phi) is 6.59. The number of rotatable bonds is 6. The van der Waals surface area contributed by atoms with E-state index in [1.54, 1.807) is 23.4 Å². The second kappa shape index (κ2) is 10.3. The summed E-state index contributed by atoms with van der Waals surface area (Å²) in [6.45, 7) is 4.35. The van der Waals surface area contributed by atoms with Crippen LogP contribution >= 0.6 is 0 Å². The fourth-order valence-electron chi connectivity index (χ4n) is 5.24. The molecule has 0 bridgehead atoms. The lowest BCUT2D eigenvalue weighted by Crippen LogP contribution is -2.38. The van der Waals surface area contributed by atoms with Crippen LogP contribution in [0.25, 0.3) is 22.0 Å². The smallest absolute Gasteiger partial charge is 0.228 e. The van der Waals surface area contributed by atoms with Crippen molar-refractivity contribution in [1.29, 1.82) is 0 Å². The molecule has 194 valence electrons. The molecule has 1 atom stereocenters. The Morgan fingerprint density at radius 1 is 1.08 bits per heavy atom. The van der Waals surface area contributed by atoms with E-state index >= 15 is 4.39 Å². The highest BCUT2D eigenvalue weighted by Crippen LogP contribution is 2.41. The first-order chi connectivity index (χ1) is 18.6. The quantitative estimate of drug-likeness (QED) is 0.366. The molecule has 2 aromatic heterocycles. The summed E-state index contributed by atoms with van der Waals surface area (Å²) >= 11 is 0. The number of fused-ring (bicyclic) bond motifs is 1. The molecule has 2 N–H and O–H groups in total. The van der Waals surface area contributed by atoms with E-state index in [-0.39, 0.29) is 11.9 Å². The monoisotopic (exact) mass is 512 g/mol. The molecule has 6 rings (SSSR count). The van der Waals surface area contributed by atoms with Crippen molar-refractivity contribution in [3.8, 4) is 22.9 Å². The van der Waals surface area contributed by atoms with Gasteiger partial charge in [-0.3, -0.25) is 4.79 Å². The molecule has 4 aromatic rings. The van der Waals surface area contributed by atoms with Crippen LogP contribution in [0.1, 0.15) is 31.2 Å². The number of nitrogens with zero attached hydrogens (tertiary/aromatic N) is 4. The van der Waals surface area contributed by atoms with E-state index < -0.39 is 5.82 Å². The summed E-state index contributed by atoms with van der Waals surface area (Å²) in [5, 5.41) is 8.16. The molecule has 0 radical (unpaired) electrons. The standard InChI is InChI=1S/C29H29FN6O2/c1-18-8-9-20-21(10-11-23(30)26(20)36-16-4-7-25(36)37)27(18)38-28-22(6-3-14-32-28)24-12-15-33-29(35-24)34-19-5-2-13-31-17-19/h3,6,8-12,14-15,19,31H,2,4-5,7,13,16-17H2,1H3,(H,33,34,35)/t19-/m0/s1. The lowest BCUT2D eigenvalue weighted by atomic mass is 10.0. The number of amides is 1. The van der Waals surface area contributed by atoms with Gasteiger partial charge in [0.2, 0.25) is 17.7 Å². The molecule has 2 aliphatic rings. The lowest BCUT2D eigenvalue weighted by Gasteiger charge is -2.23. The Hall–Kier alpha value is -4.11. The Morgan fingerprint density at radius 2 is 1.97 bits per heavy atom. The zero-order chi connectivity index (χ0) is 26.1. The highest BCUT2D eigenvalue weighted by atomic mass is 19.1. The van der Waals surface area contributed by atoms with Crippen molar-refractivity contribution in [2.75, 3.05) is 29.9 Å². The Bertz CT molecular complexity index is 1500. The van der Waals surface area contributed by atoms with E-state index in [0.717, 1.165) is 31.5 Å². The van der Waals surface area contributed by atoms with Crippen LogP contribution < -0.4 is 20.3 Å². The highest BCUT2D eigenvalue weighted by Gasteiger charge is 2.27. The first-order valence-corrected chi connectivity index (χ1v) is 13.0. The average molecular weight is 513 g/mol. The minimum atomic E-state index is -0.421. The molecule has 2 aromatic carbocycles. The molecule has 0 saturated carbocycles. The van der Waals surface area contributed by atoms with Gasteiger partial charge in [-0.1, -0.05) is 12.1 Å². The molecular formula is C29H29FN6O2. The summed E-state index contributed by atoms with van der Waals surface area (Å²) in [5.74, 6) is 1.02. The van der Waals surface area contributed by atoms with Crippen LogP contribution in [0.15, 0.2) is 54.9 Å². The van der Waals surface area contributed by atoms with Crippen molar-refractivity contribution in [2.45, 2.75) is 38.6 Å². The van der Waals surface area contributed by atoms with Crippen LogP contribution in [0, 0.1) is 12.7 Å². The van der Waals surface area contributed by atoms with E-state index in [1.165, 1.54) is 6.07 Å². The van der Waals surface area contributed by atoms with Gasteiger partial charge in [0.1, 0.15) is 11.6 Å². The zero-order valence-electron chi connectivity index (χ0n) is 21.2. The number of ether oxygens (including phenoxy) is 1. The molecule has 8 nitrogen and oxygen atoms in total. The summed E-state index contributed by atoms with van der Waals surface area (Å²) < 4.78 is 21.5. The number of nitrogens with one attached hydrogen (secondary N) is 2.